The molecule has 0 spiro atoms. The van der Waals surface area contributed by atoms with Gasteiger partial charge in [-0.1, -0.05) is 23.4 Å². The summed E-state index contributed by atoms with van der Waals surface area (Å²) in [4.78, 5) is 26.4. The third-order valence-corrected chi connectivity index (χ3v) is 4.45. The van der Waals surface area contributed by atoms with Gasteiger partial charge in [-0.15, -0.1) is 11.3 Å². The molecule has 0 fully saturated rings. The molecular formula is C11H10ClN3O2S2. The third-order valence-electron chi connectivity index (χ3n) is 2.03. The number of carbonyl (C=O) groups is 2. The van der Waals surface area contributed by atoms with Crippen molar-refractivity contribution in [3.05, 3.63) is 23.2 Å². The molecule has 1 aromatic heterocycles. The van der Waals surface area contributed by atoms with Crippen LogP contribution in [0, 0.1) is 0 Å². The van der Waals surface area contributed by atoms with E-state index in [1.165, 1.54) is 30.0 Å². The Morgan fingerprint density at radius 1 is 1.42 bits per heavy atom. The van der Waals surface area contributed by atoms with Crippen molar-refractivity contribution in [2.24, 2.45) is 0 Å². The van der Waals surface area contributed by atoms with Gasteiger partial charge in [0.2, 0.25) is 11.8 Å². The highest BCUT2D eigenvalue weighted by Crippen LogP contribution is 2.30. The molecule has 0 atom stereocenters. The number of nitrogens with zero attached hydrogens (tertiary/aromatic N) is 1. The van der Waals surface area contributed by atoms with Crippen LogP contribution in [0.25, 0.3) is 10.2 Å². The van der Waals surface area contributed by atoms with E-state index in [4.69, 9.17) is 11.6 Å². The van der Waals surface area contributed by atoms with Crippen LogP contribution in [0.1, 0.15) is 6.92 Å². The summed E-state index contributed by atoms with van der Waals surface area (Å²) in [6.45, 7) is 1.32. The number of hydrogen-bond donors (Lipinski definition) is 2. The number of hydrazine groups is 1. The van der Waals surface area contributed by atoms with Crippen molar-refractivity contribution in [1.82, 2.24) is 15.8 Å². The van der Waals surface area contributed by atoms with Crippen molar-refractivity contribution in [1.29, 1.82) is 0 Å². The van der Waals surface area contributed by atoms with E-state index in [1.807, 2.05) is 6.07 Å². The molecule has 2 rings (SSSR count). The second-order valence-corrected chi connectivity index (χ2v) is 6.30. The fourth-order valence-corrected chi connectivity index (χ4v) is 3.28. The lowest BCUT2D eigenvalue weighted by atomic mass is 10.3. The fraction of sp³-hybridized carbons (Fsp3) is 0.182. The van der Waals surface area contributed by atoms with Gasteiger partial charge in [0, 0.05) is 11.9 Å². The van der Waals surface area contributed by atoms with E-state index in [1.54, 1.807) is 12.1 Å². The molecule has 0 saturated heterocycles. The summed E-state index contributed by atoms with van der Waals surface area (Å²) in [7, 11) is 0. The smallest absolute Gasteiger partial charge is 0.248 e. The third kappa shape index (κ3) is 4.09. The van der Waals surface area contributed by atoms with E-state index in [2.05, 4.69) is 15.8 Å². The van der Waals surface area contributed by atoms with Gasteiger partial charge in [0.1, 0.15) is 0 Å². The summed E-state index contributed by atoms with van der Waals surface area (Å²) < 4.78 is 1.81. The van der Waals surface area contributed by atoms with E-state index in [0.717, 1.165) is 14.6 Å². The molecular weight excluding hydrogens is 306 g/mol. The van der Waals surface area contributed by atoms with Crippen LogP contribution in [-0.2, 0) is 9.59 Å². The van der Waals surface area contributed by atoms with Crippen LogP contribution in [0.15, 0.2) is 22.5 Å². The highest BCUT2D eigenvalue weighted by Gasteiger charge is 2.08. The molecule has 0 aliphatic heterocycles. The molecule has 0 radical (unpaired) electrons. The Balaban J connectivity index is 1.94. The number of benzene rings is 1. The van der Waals surface area contributed by atoms with Gasteiger partial charge < -0.3 is 0 Å². The number of thiazole rings is 1. The van der Waals surface area contributed by atoms with Crippen LogP contribution in [0.3, 0.4) is 0 Å². The Hall–Kier alpha value is -1.31. The summed E-state index contributed by atoms with van der Waals surface area (Å²) in [6.07, 6.45) is 0. The number of fused-ring (bicyclic) bond motifs is 1. The zero-order valence-electron chi connectivity index (χ0n) is 9.90. The molecule has 0 unspecified atom stereocenters. The molecule has 0 bridgehead atoms. The molecule has 0 saturated carbocycles. The number of rotatable bonds is 3. The van der Waals surface area contributed by atoms with Gasteiger partial charge in [-0.2, -0.15) is 0 Å². The van der Waals surface area contributed by atoms with Crippen LogP contribution >= 0.6 is 34.7 Å². The van der Waals surface area contributed by atoms with Crippen molar-refractivity contribution < 1.29 is 9.59 Å². The number of amides is 2. The highest BCUT2D eigenvalue weighted by atomic mass is 35.5. The van der Waals surface area contributed by atoms with Gasteiger partial charge in [-0.25, -0.2) is 4.98 Å². The van der Waals surface area contributed by atoms with E-state index >= 15 is 0 Å². The minimum absolute atomic E-state index is 0.188. The summed E-state index contributed by atoms with van der Waals surface area (Å²) in [5, 5.41) is 0.637. The zero-order valence-corrected chi connectivity index (χ0v) is 12.3. The molecule has 2 N–H and O–H groups in total. The maximum Gasteiger partial charge on any atom is 0.248 e. The number of hydrogen-bond acceptors (Lipinski definition) is 5. The fourth-order valence-electron chi connectivity index (χ4n) is 1.26. The molecule has 8 heteroatoms. The van der Waals surface area contributed by atoms with Crippen molar-refractivity contribution in [3.8, 4) is 0 Å². The molecule has 100 valence electrons. The van der Waals surface area contributed by atoms with Gasteiger partial charge >= 0.3 is 0 Å². The van der Waals surface area contributed by atoms with Crippen molar-refractivity contribution in [2.45, 2.75) is 11.3 Å². The molecule has 2 aromatic rings. The summed E-state index contributed by atoms with van der Waals surface area (Å²) >= 11 is 8.69. The first-order valence-electron chi connectivity index (χ1n) is 5.29. The Labute approximate surface area is 122 Å². The number of halogens is 1. The molecule has 0 aliphatic rings. The van der Waals surface area contributed by atoms with Gasteiger partial charge in [0.25, 0.3) is 0 Å². The summed E-state index contributed by atoms with van der Waals surface area (Å²) in [5.74, 6) is -0.404. The largest absolute Gasteiger partial charge is 0.274 e. The van der Waals surface area contributed by atoms with E-state index in [-0.39, 0.29) is 17.6 Å². The first-order chi connectivity index (χ1) is 9.04. The topological polar surface area (TPSA) is 71.1 Å². The van der Waals surface area contributed by atoms with Crippen LogP contribution < -0.4 is 10.9 Å². The lowest BCUT2D eigenvalue weighted by Gasteiger charge is -2.02. The van der Waals surface area contributed by atoms with Crippen molar-refractivity contribution >= 4 is 56.7 Å². The Morgan fingerprint density at radius 3 is 2.95 bits per heavy atom. The lowest BCUT2D eigenvalue weighted by molar-refractivity contribution is -0.126. The second kappa shape index (κ2) is 6.23. The van der Waals surface area contributed by atoms with Gasteiger partial charge in [0.05, 0.1) is 16.0 Å². The van der Waals surface area contributed by atoms with Crippen molar-refractivity contribution in [3.63, 3.8) is 0 Å². The van der Waals surface area contributed by atoms with E-state index in [9.17, 15) is 9.59 Å². The summed E-state index contributed by atoms with van der Waals surface area (Å²) in [6, 6.07) is 5.49. The van der Waals surface area contributed by atoms with E-state index in [0.29, 0.717) is 5.02 Å². The summed E-state index contributed by atoms with van der Waals surface area (Å²) in [5.41, 5.74) is 5.34. The van der Waals surface area contributed by atoms with Crippen LogP contribution in [0.5, 0.6) is 0 Å². The minimum Gasteiger partial charge on any atom is -0.274 e. The Morgan fingerprint density at radius 2 is 2.21 bits per heavy atom. The maximum atomic E-state index is 11.4. The van der Waals surface area contributed by atoms with Gasteiger partial charge in [-0.3, -0.25) is 20.4 Å². The average molecular weight is 316 g/mol. The predicted octanol–water partition coefficient (Wildman–Crippen LogP) is 2.21. The average Bonchev–Trinajstić information content (AvgIpc) is 2.75. The first-order valence-corrected chi connectivity index (χ1v) is 7.47. The SMILES string of the molecule is CC(=O)NNC(=O)CSc1nc2cc(Cl)ccc2s1. The van der Waals surface area contributed by atoms with Gasteiger partial charge in [-0.05, 0) is 18.2 Å². The monoisotopic (exact) mass is 315 g/mol. The zero-order chi connectivity index (χ0) is 13.8. The Kier molecular flexibility index (Phi) is 4.62. The number of nitrogens with one attached hydrogen (secondary N) is 2. The quantitative estimate of drug-likeness (QED) is 0.673. The highest BCUT2D eigenvalue weighted by molar-refractivity contribution is 8.01. The molecule has 19 heavy (non-hydrogen) atoms. The molecule has 2 amide bonds. The molecule has 1 heterocycles. The van der Waals surface area contributed by atoms with Crippen LogP contribution in [-0.4, -0.2) is 22.6 Å². The lowest BCUT2D eigenvalue weighted by Crippen LogP contribution is -2.41. The number of aromatic nitrogens is 1. The molecule has 1 aromatic carbocycles. The standard InChI is InChI=1S/C11H10ClN3O2S2/c1-6(16)14-15-10(17)5-18-11-13-8-4-7(12)2-3-9(8)19-11/h2-4H,5H2,1H3,(H,14,16)(H,15,17). The number of thioether (sulfide) groups is 1. The van der Waals surface area contributed by atoms with E-state index < -0.39 is 0 Å². The molecule has 5 nitrogen and oxygen atoms in total. The normalized spacial score (nSPS) is 10.4. The maximum absolute atomic E-state index is 11.4. The van der Waals surface area contributed by atoms with Crippen LogP contribution in [0.2, 0.25) is 5.02 Å². The molecule has 0 aliphatic carbocycles. The number of carbonyl (C=O) groups excluding carboxylic acids is 2. The Bertz CT molecular complexity index is 629. The van der Waals surface area contributed by atoms with Crippen LogP contribution in [0.4, 0.5) is 0 Å². The van der Waals surface area contributed by atoms with Crippen molar-refractivity contribution in [2.75, 3.05) is 5.75 Å². The first kappa shape index (κ1) is 14.1. The van der Waals surface area contributed by atoms with Gasteiger partial charge in [0.15, 0.2) is 4.34 Å². The predicted molar refractivity (Wildman–Crippen MR) is 77.3 cm³/mol. The minimum atomic E-state index is -0.312. The second-order valence-electron chi connectivity index (χ2n) is 3.61.